The molecule has 0 spiro atoms. The molecule has 1 fully saturated rings. The summed E-state index contributed by atoms with van der Waals surface area (Å²) in [6.07, 6.45) is 4.10. The molecule has 2 aliphatic rings. The second-order valence-corrected chi connectivity index (χ2v) is 3.89. The first-order valence-electron chi connectivity index (χ1n) is 5.22. The highest BCUT2D eigenvalue weighted by atomic mass is 16.1. The molecule has 0 aromatic heterocycles. The lowest BCUT2D eigenvalue weighted by Gasteiger charge is -2.21. The molecule has 1 saturated heterocycles. The van der Waals surface area contributed by atoms with Gasteiger partial charge in [-0.05, 0) is 18.9 Å². The average Bonchev–Trinajstić information content (AvgIpc) is 2.47. The number of amides is 1. The summed E-state index contributed by atoms with van der Waals surface area (Å²) < 4.78 is 0. The Bertz CT molecular complexity index is 325. The van der Waals surface area contributed by atoms with Crippen LogP contribution in [0.3, 0.4) is 0 Å². The predicted octanol–water partition coefficient (Wildman–Crippen LogP) is -0.0943. The summed E-state index contributed by atoms with van der Waals surface area (Å²) in [6.45, 7) is 2.29. The van der Waals surface area contributed by atoms with E-state index in [2.05, 4.69) is 10.7 Å². The van der Waals surface area contributed by atoms with Gasteiger partial charge in [0.25, 0.3) is 0 Å². The maximum Gasteiger partial charge on any atom is 0.218 e. The van der Waals surface area contributed by atoms with Crippen molar-refractivity contribution >= 4 is 11.7 Å². The first-order valence-corrected chi connectivity index (χ1v) is 5.22. The summed E-state index contributed by atoms with van der Waals surface area (Å²) in [5.74, 6) is 0.0577. The van der Waals surface area contributed by atoms with Gasteiger partial charge in [-0.15, -0.1) is 0 Å². The van der Waals surface area contributed by atoms with Gasteiger partial charge in [0.1, 0.15) is 6.17 Å². The fourth-order valence-corrected chi connectivity index (χ4v) is 1.93. The number of rotatable bonds is 1. The van der Waals surface area contributed by atoms with Gasteiger partial charge in [0, 0.05) is 19.9 Å². The third-order valence-electron chi connectivity index (χ3n) is 2.59. The number of carbonyl (C=O) groups is 2. The molecule has 2 aliphatic heterocycles. The highest BCUT2D eigenvalue weighted by Crippen LogP contribution is 2.19. The second kappa shape index (κ2) is 4.02. The van der Waals surface area contributed by atoms with Crippen molar-refractivity contribution in [1.82, 2.24) is 15.8 Å². The molecule has 82 valence electrons. The Balaban J connectivity index is 2.09. The molecular weight excluding hydrogens is 194 g/mol. The van der Waals surface area contributed by atoms with Crippen molar-refractivity contribution in [3.8, 4) is 0 Å². The quantitative estimate of drug-likeness (QED) is 0.633. The lowest BCUT2D eigenvalue weighted by Crippen LogP contribution is -2.46. The molecule has 15 heavy (non-hydrogen) atoms. The van der Waals surface area contributed by atoms with Crippen LogP contribution in [0.15, 0.2) is 11.8 Å². The Morgan fingerprint density at radius 2 is 2.40 bits per heavy atom. The number of ketones is 1. The molecule has 0 radical (unpaired) electrons. The van der Waals surface area contributed by atoms with Crippen LogP contribution in [0.25, 0.3) is 0 Å². The van der Waals surface area contributed by atoms with E-state index in [4.69, 9.17) is 0 Å². The first-order chi connectivity index (χ1) is 7.16. The molecule has 2 N–H and O–H groups in total. The van der Waals surface area contributed by atoms with Gasteiger partial charge in [-0.1, -0.05) is 0 Å². The maximum atomic E-state index is 11.7. The zero-order valence-electron chi connectivity index (χ0n) is 8.75. The van der Waals surface area contributed by atoms with Crippen molar-refractivity contribution in [2.24, 2.45) is 0 Å². The lowest BCUT2D eigenvalue weighted by atomic mass is 10.1. The molecule has 0 aliphatic carbocycles. The van der Waals surface area contributed by atoms with Crippen molar-refractivity contribution in [2.45, 2.75) is 32.4 Å². The minimum absolute atomic E-state index is 0.102. The average molecular weight is 209 g/mol. The normalized spacial score (nSPS) is 25.7. The van der Waals surface area contributed by atoms with Gasteiger partial charge in [0.05, 0.1) is 5.70 Å². The van der Waals surface area contributed by atoms with E-state index in [1.165, 1.54) is 6.92 Å². The molecule has 1 unspecified atom stereocenters. The highest BCUT2D eigenvalue weighted by Gasteiger charge is 2.28. The van der Waals surface area contributed by atoms with E-state index in [-0.39, 0.29) is 17.9 Å². The third kappa shape index (κ3) is 2.18. The van der Waals surface area contributed by atoms with Gasteiger partial charge >= 0.3 is 0 Å². The second-order valence-electron chi connectivity index (χ2n) is 3.89. The van der Waals surface area contributed by atoms with Gasteiger partial charge in [-0.2, -0.15) is 0 Å². The fourth-order valence-electron chi connectivity index (χ4n) is 1.93. The van der Waals surface area contributed by atoms with Crippen LogP contribution < -0.4 is 10.7 Å². The maximum absolute atomic E-state index is 11.7. The number of hydrogen-bond acceptors (Lipinski definition) is 4. The number of hydrazine groups is 1. The molecule has 2 heterocycles. The predicted molar refractivity (Wildman–Crippen MR) is 54.4 cm³/mol. The Labute approximate surface area is 88.5 Å². The molecule has 1 atom stereocenters. The number of nitrogens with one attached hydrogen (secondary N) is 2. The van der Waals surface area contributed by atoms with E-state index in [0.717, 1.165) is 19.4 Å². The van der Waals surface area contributed by atoms with Crippen molar-refractivity contribution in [1.29, 1.82) is 0 Å². The van der Waals surface area contributed by atoms with Gasteiger partial charge in [0.2, 0.25) is 5.91 Å². The molecule has 0 aromatic rings. The summed E-state index contributed by atoms with van der Waals surface area (Å²) in [6, 6.07) is 0. The smallest absolute Gasteiger partial charge is 0.218 e. The molecule has 0 aromatic carbocycles. The number of fused-ring (bicyclic) bond motifs is 1. The van der Waals surface area contributed by atoms with Gasteiger partial charge in [-0.25, -0.2) is 5.43 Å². The molecule has 1 amide bonds. The molecule has 0 bridgehead atoms. The van der Waals surface area contributed by atoms with Crippen molar-refractivity contribution in [3.63, 3.8) is 0 Å². The number of nitrogens with zero attached hydrogens (tertiary/aromatic N) is 1. The summed E-state index contributed by atoms with van der Waals surface area (Å²) >= 11 is 0. The van der Waals surface area contributed by atoms with Crippen LogP contribution in [0.2, 0.25) is 0 Å². The van der Waals surface area contributed by atoms with Crippen LogP contribution in [0.1, 0.15) is 26.2 Å². The monoisotopic (exact) mass is 209 g/mol. The highest BCUT2D eigenvalue weighted by molar-refractivity contribution is 5.95. The third-order valence-corrected chi connectivity index (χ3v) is 2.59. The Morgan fingerprint density at radius 1 is 1.60 bits per heavy atom. The van der Waals surface area contributed by atoms with Crippen LogP contribution in [-0.4, -0.2) is 29.4 Å². The van der Waals surface area contributed by atoms with Crippen molar-refractivity contribution in [2.75, 3.05) is 6.54 Å². The fraction of sp³-hybridized carbons (Fsp3) is 0.600. The van der Waals surface area contributed by atoms with E-state index < -0.39 is 0 Å². The number of hydrogen-bond donors (Lipinski definition) is 2. The minimum Gasteiger partial charge on any atom is -0.336 e. The summed E-state index contributed by atoms with van der Waals surface area (Å²) in [5, 5.41) is 4.56. The van der Waals surface area contributed by atoms with Gasteiger partial charge < -0.3 is 10.3 Å². The van der Waals surface area contributed by atoms with E-state index in [0.29, 0.717) is 12.1 Å². The lowest BCUT2D eigenvalue weighted by molar-refractivity contribution is -0.119. The van der Waals surface area contributed by atoms with Crippen molar-refractivity contribution in [3.05, 3.63) is 11.8 Å². The van der Waals surface area contributed by atoms with E-state index >= 15 is 0 Å². The van der Waals surface area contributed by atoms with Crippen LogP contribution in [0.5, 0.6) is 0 Å². The van der Waals surface area contributed by atoms with Crippen LogP contribution in [0, 0.1) is 0 Å². The minimum atomic E-state index is -0.237. The first kappa shape index (κ1) is 10.2. The Hall–Kier alpha value is -1.36. The number of Topliss-reactive ketones (excluding diaryl/α,β-unsaturated/α-hetero) is 1. The summed E-state index contributed by atoms with van der Waals surface area (Å²) in [5.41, 5.74) is 3.78. The molecule has 2 rings (SSSR count). The molecule has 5 nitrogen and oxygen atoms in total. The van der Waals surface area contributed by atoms with E-state index in [1.54, 1.807) is 6.08 Å². The SMILES string of the molecule is CC(=O)NC1C=C2C(=O)CCCCN2N1. The van der Waals surface area contributed by atoms with Crippen LogP contribution >= 0.6 is 0 Å². The summed E-state index contributed by atoms with van der Waals surface area (Å²) in [4.78, 5) is 22.5. The van der Waals surface area contributed by atoms with Crippen LogP contribution in [0.4, 0.5) is 0 Å². The standard InChI is InChI=1S/C10H15N3O2/c1-7(14)11-10-6-8-9(15)4-2-3-5-13(8)12-10/h6,10,12H,2-5H2,1H3,(H,11,14). The van der Waals surface area contributed by atoms with E-state index in [9.17, 15) is 9.59 Å². The van der Waals surface area contributed by atoms with E-state index in [1.807, 2.05) is 5.01 Å². The van der Waals surface area contributed by atoms with Gasteiger partial charge in [-0.3, -0.25) is 9.59 Å². The van der Waals surface area contributed by atoms with Crippen LogP contribution in [-0.2, 0) is 9.59 Å². The topological polar surface area (TPSA) is 61.4 Å². The molecule has 0 saturated carbocycles. The number of carbonyl (C=O) groups excluding carboxylic acids is 2. The molecular formula is C10H15N3O2. The summed E-state index contributed by atoms with van der Waals surface area (Å²) in [7, 11) is 0. The largest absolute Gasteiger partial charge is 0.336 e. The zero-order valence-corrected chi connectivity index (χ0v) is 8.75. The Morgan fingerprint density at radius 3 is 3.13 bits per heavy atom. The Kier molecular flexibility index (Phi) is 2.73. The van der Waals surface area contributed by atoms with Gasteiger partial charge in [0.15, 0.2) is 5.78 Å². The zero-order chi connectivity index (χ0) is 10.8. The molecule has 5 heteroatoms. The van der Waals surface area contributed by atoms with Crippen molar-refractivity contribution < 1.29 is 9.59 Å². The number of allylic oxidation sites excluding steroid dienone is 1.